The lowest BCUT2D eigenvalue weighted by molar-refractivity contribution is -0.120. The van der Waals surface area contributed by atoms with Crippen LogP contribution in [0, 0.1) is 0 Å². The van der Waals surface area contributed by atoms with Crippen LogP contribution in [0.5, 0.6) is 0 Å². The number of anilines is 1. The summed E-state index contributed by atoms with van der Waals surface area (Å²) in [6.07, 6.45) is 1.23. The van der Waals surface area contributed by atoms with E-state index in [4.69, 9.17) is 5.73 Å². The second-order valence-electron chi connectivity index (χ2n) is 4.25. The largest absolute Gasteiger partial charge is 0.397 e. The van der Waals surface area contributed by atoms with Gasteiger partial charge in [0.15, 0.2) is 0 Å². The Morgan fingerprint density at radius 3 is 2.94 bits per heavy atom. The summed E-state index contributed by atoms with van der Waals surface area (Å²) in [5.74, 6) is -0.00166. The van der Waals surface area contributed by atoms with Gasteiger partial charge >= 0.3 is 0 Å². The number of nitrogens with one attached hydrogen (secondary N) is 1. The Morgan fingerprint density at radius 1 is 1.33 bits per heavy atom. The number of aromatic nitrogens is 1. The molecule has 1 aromatic heterocycles. The van der Waals surface area contributed by atoms with E-state index in [0.29, 0.717) is 18.7 Å². The normalized spacial score (nSPS) is 10.5. The Balaban J connectivity index is 2.19. The maximum atomic E-state index is 11.6. The van der Waals surface area contributed by atoms with E-state index in [2.05, 4.69) is 10.3 Å². The maximum absolute atomic E-state index is 11.6. The first-order valence-electron chi connectivity index (χ1n) is 6.11. The molecule has 4 nitrogen and oxygen atoms in total. The van der Waals surface area contributed by atoms with Gasteiger partial charge in [0.25, 0.3) is 0 Å². The Hall–Kier alpha value is -2.10. The minimum Gasteiger partial charge on any atom is -0.397 e. The van der Waals surface area contributed by atoms with Crippen LogP contribution in [0.4, 0.5) is 5.69 Å². The smallest absolute Gasteiger partial charge is 0.226 e. The summed E-state index contributed by atoms with van der Waals surface area (Å²) in [6, 6.07) is 9.48. The molecule has 2 aromatic rings. The lowest BCUT2D eigenvalue weighted by Gasteiger charge is -2.05. The van der Waals surface area contributed by atoms with Crippen LogP contribution in [-0.4, -0.2) is 17.4 Å². The molecule has 3 N–H and O–H groups in total. The van der Waals surface area contributed by atoms with Gasteiger partial charge in [-0.15, -0.1) is 0 Å². The van der Waals surface area contributed by atoms with E-state index in [1.165, 1.54) is 0 Å². The molecule has 18 heavy (non-hydrogen) atoms. The van der Waals surface area contributed by atoms with Gasteiger partial charge in [0.05, 0.1) is 23.3 Å². The third kappa shape index (κ3) is 2.77. The summed E-state index contributed by atoms with van der Waals surface area (Å²) in [7, 11) is 0. The van der Waals surface area contributed by atoms with Crippen LogP contribution < -0.4 is 11.1 Å². The van der Waals surface area contributed by atoms with Crippen molar-refractivity contribution in [3.05, 3.63) is 36.0 Å². The van der Waals surface area contributed by atoms with Gasteiger partial charge in [0, 0.05) is 11.9 Å². The highest BCUT2D eigenvalue weighted by atomic mass is 16.1. The first kappa shape index (κ1) is 12.4. The van der Waals surface area contributed by atoms with E-state index >= 15 is 0 Å². The van der Waals surface area contributed by atoms with Crippen molar-refractivity contribution in [2.45, 2.75) is 19.8 Å². The third-order valence-electron chi connectivity index (χ3n) is 2.72. The SMILES string of the molecule is CCCNC(=O)Cc1ccc2cccc(N)c2n1. The summed E-state index contributed by atoms with van der Waals surface area (Å²) in [5, 5.41) is 3.83. The number of hydrogen-bond acceptors (Lipinski definition) is 3. The molecular weight excluding hydrogens is 226 g/mol. The molecule has 0 fully saturated rings. The zero-order valence-corrected chi connectivity index (χ0v) is 10.4. The maximum Gasteiger partial charge on any atom is 0.226 e. The first-order chi connectivity index (χ1) is 8.70. The lowest BCUT2D eigenvalue weighted by Crippen LogP contribution is -2.26. The number of nitrogens with two attached hydrogens (primary N) is 1. The lowest BCUT2D eigenvalue weighted by atomic mass is 10.1. The summed E-state index contributed by atoms with van der Waals surface area (Å²) in [4.78, 5) is 16.0. The van der Waals surface area contributed by atoms with E-state index in [9.17, 15) is 4.79 Å². The molecule has 0 spiro atoms. The van der Waals surface area contributed by atoms with Gasteiger partial charge in [-0.2, -0.15) is 0 Å². The van der Waals surface area contributed by atoms with Gasteiger partial charge in [0.2, 0.25) is 5.91 Å². The minimum absolute atomic E-state index is 0.00166. The number of carbonyl (C=O) groups excluding carboxylic acids is 1. The van der Waals surface area contributed by atoms with Gasteiger partial charge in [-0.05, 0) is 18.6 Å². The number of carbonyl (C=O) groups is 1. The van der Waals surface area contributed by atoms with Crippen LogP contribution in [-0.2, 0) is 11.2 Å². The zero-order chi connectivity index (χ0) is 13.0. The average molecular weight is 243 g/mol. The summed E-state index contributed by atoms with van der Waals surface area (Å²) >= 11 is 0. The van der Waals surface area contributed by atoms with Crippen molar-refractivity contribution in [2.24, 2.45) is 0 Å². The number of hydrogen-bond donors (Lipinski definition) is 2. The highest BCUT2D eigenvalue weighted by molar-refractivity contribution is 5.89. The van der Waals surface area contributed by atoms with E-state index < -0.39 is 0 Å². The molecule has 0 saturated carbocycles. The zero-order valence-electron chi connectivity index (χ0n) is 10.4. The number of nitrogens with zero attached hydrogens (tertiary/aromatic N) is 1. The number of pyridine rings is 1. The minimum atomic E-state index is -0.00166. The molecule has 0 unspecified atom stereocenters. The van der Waals surface area contributed by atoms with Crippen molar-refractivity contribution in [1.82, 2.24) is 10.3 Å². The third-order valence-corrected chi connectivity index (χ3v) is 2.72. The van der Waals surface area contributed by atoms with Gasteiger partial charge in [-0.3, -0.25) is 9.78 Å². The highest BCUT2D eigenvalue weighted by Crippen LogP contribution is 2.18. The highest BCUT2D eigenvalue weighted by Gasteiger charge is 2.06. The van der Waals surface area contributed by atoms with Crippen LogP contribution in [0.2, 0.25) is 0 Å². The molecule has 0 bridgehead atoms. The molecule has 1 amide bonds. The van der Waals surface area contributed by atoms with Crippen molar-refractivity contribution < 1.29 is 4.79 Å². The molecule has 0 aliphatic heterocycles. The Labute approximate surface area is 106 Å². The predicted molar refractivity (Wildman–Crippen MR) is 73.2 cm³/mol. The first-order valence-corrected chi connectivity index (χ1v) is 6.11. The Morgan fingerprint density at radius 2 is 2.17 bits per heavy atom. The van der Waals surface area contributed by atoms with Gasteiger partial charge < -0.3 is 11.1 Å². The quantitative estimate of drug-likeness (QED) is 0.806. The van der Waals surface area contributed by atoms with Crippen molar-refractivity contribution in [3.8, 4) is 0 Å². The molecule has 94 valence electrons. The fourth-order valence-electron chi connectivity index (χ4n) is 1.80. The van der Waals surface area contributed by atoms with Crippen LogP contribution in [0.1, 0.15) is 19.0 Å². The molecule has 2 rings (SSSR count). The van der Waals surface area contributed by atoms with Crippen molar-refractivity contribution in [2.75, 3.05) is 12.3 Å². The molecule has 0 radical (unpaired) electrons. The standard InChI is InChI=1S/C14H17N3O/c1-2-8-16-13(18)9-11-7-6-10-4-3-5-12(15)14(10)17-11/h3-7H,2,8-9,15H2,1H3,(H,16,18). The molecule has 1 aromatic carbocycles. The van der Waals surface area contributed by atoms with E-state index in [1.807, 2.05) is 37.3 Å². The predicted octanol–water partition coefficient (Wildman–Crippen LogP) is 1.89. The summed E-state index contributed by atoms with van der Waals surface area (Å²) in [5.41, 5.74) is 8.02. The number of para-hydroxylation sites is 1. The van der Waals surface area contributed by atoms with Crippen molar-refractivity contribution in [1.29, 1.82) is 0 Å². The molecule has 0 aliphatic rings. The second kappa shape index (κ2) is 5.49. The van der Waals surface area contributed by atoms with Gasteiger partial charge in [-0.25, -0.2) is 0 Å². The van der Waals surface area contributed by atoms with Crippen LogP contribution in [0.3, 0.4) is 0 Å². The van der Waals surface area contributed by atoms with Crippen LogP contribution in [0.25, 0.3) is 10.9 Å². The topological polar surface area (TPSA) is 68.0 Å². The fraction of sp³-hybridized carbons (Fsp3) is 0.286. The number of fused-ring (bicyclic) bond motifs is 1. The molecule has 4 heteroatoms. The molecular formula is C14H17N3O. The number of benzene rings is 1. The fourth-order valence-corrected chi connectivity index (χ4v) is 1.80. The monoisotopic (exact) mass is 243 g/mol. The number of amides is 1. The van der Waals surface area contributed by atoms with E-state index in [0.717, 1.165) is 23.0 Å². The number of rotatable bonds is 4. The van der Waals surface area contributed by atoms with Crippen molar-refractivity contribution in [3.63, 3.8) is 0 Å². The molecule has 0 atom stereocenters. The summed E-state index contributed by atoms with van der Waals surface area (Å²) in [6.45, 7) is 2.73. The Kier molecular flexibility index (Phi) is 3.77. The molecule has 1 heterocycles. The van der Waals surface area contributed by atoms with Gasteiger partial charge in [-0.1, -0.05) is 25.1 Å². The van der Waals surface area contributed by atoms with E-state index in [1.54, 1.807) is 0 Å². The van der Waals surface area contributed by atoms with Crippen molar-refractivity contribution >= 4 is 22.5 Å². The summed E-state index contributed by atoms with van der Waals surface area (Å²) < 4.78 is 0. The van der Waals surface area contributed by atoms with Crippen LogP contribution >= 0.6 is 0 Å². The van der Waals surface area contributed by atoms with Gasteiger partial charge in [0.1, 0.15) is 0 Å². The number of nitrogen functional groups attached to an aromatic ring is 1. The molecule has 0 aliphatic carbocycles. The molecule has 0 saturated heterocycles. The Bertz CT molecular complexity index is 566. The van der Waals surface area contributed by atoms with Crippen LogP contribution in [0.15, 0.2) is 30.3 Å². The van der Waals surface area contributed by atoms with E-state index in [-0.39, 0.29) is 5.91 Å². The average Bonchev–Trinajstić information content (AvgIpc) is 2.37. The second-order valence-corrected chi connectivity index (χ2v) is 4.25.